The van der Waals surface area contributed by atoms with E-state index in [1.54, 1.807) is 0 Å². The summed E-state index contributed by atoms with van der Waals surface area (Å²) in [6, 6.07) is 81.7. The molecule has 0 aliphatic carbocycles. The third kappa shape index (κ3) is 5.95. The van der Waals surface area contributed by atoms with Gasteiger partial charge in [0.2, 0.25) is 0 Å². The Bertz CT molecular complexity index is 3370. The molecule has 3 heterocycles. The second-order valence-electron chi connectivity index (χ2n) is 15.7. The fourth-order valence-corrected chi connectivity index (χ4v) is 10.6. The highest BCUT2D eigenvalue weighted by molar-refractivity contribution is 7.26. The van der Waals surface area contributed by atoms with Crippen LogP contribution >= 0.6 is 11.3 Å². The Morgan fingerprint density at radius 2 is 0.967 bits per heavy atom. The molecule has 12 rings (SSSR count). The fourth-order valence-electron chi connectivity index (χ4n) is 9.36. The van der Waals surface area contributed by atoms with Crippen LogP contribution in [0.4, 0.5) is 34.3 Å². The number of thiophene rings is 1. The molecule has 0 N–H and O–H groups in total. The van der Waals surface area contributed by atoms with Crippen molar-refractivity contribution in [1.82, 2.24) is 4.57 Å². The van der Waals surface area contributed by atoms with Gasteiger partial charge in [-0.2, -0.15) is 0 Å². The Kier molecular flexibility index (Phi) is 8.43. The lowest BCUT2D eigenvalue weighted by Gasteiger charge is -2.34. The van der Waals surface area contributed by atoms with Crippen molar-refractivity contribution in [3.8, 4) is 27.9 Å². The first-order chi connectivity index (χ1) is 30.3. The second kappa shape index (κ2) is 14.6. The summed E-state index contributed by atoms with van der Waals surface area (Å²) >= 11 is 1.86. The van der Waals surface area contributed by atoms with E-state index in [1.807, 2.05) is 11.3 Å². The van der Waals surface area contributed by atoms with Crippen molar-refractivity contribution in [2.75, 3.05) is 9.80 Å². The number of fused-ring (bicyclic) bond motifs is 7. The van der Waals surface area contributed by atoms with Gasteiger partial charge < -0.3 is 4.90 Å². The summed E-state index contributed by atoms with van der Waals surface area (Å²) in [5.74, 6) is 1.19. The third-order valence-electron chi connectivity index (χ3n) is 12.2. The number of benzene rings is 9. The van der Waals surface area contributed by atoms with E-state index >= 15 is 0 Å². The molecule has 11 aromatic rings. The van der Waals surface area contributed by atoms with Crippen molar-refractivity contribution in [2.45, 2.75) is 6.42 Å². The van der Waals surface area contributed by atoms with Gasteiger partial charge in [-0.05, 0) is 101 Å². The van der Waals surface area contributed by atoms with E-state index in [0.717, 1.165) is 29.2 Å². The van der Waals surface area contributed by atoms with Crippen molar-refractivity contribution in [1.29, 1.82) is 0 Å². The molecule has 2 aromatic heterocycles. The monoisotopic (exact) mass is 797 g/mol. The Morgan fingerprint density at radius 3 is 1.70 bits per heavy atom. The first-order valence-corrected chi connectivity index (χ1v) is 21.7. The largest absolute Gasteiger partial charge is 0.309 e. The second-order valence-corrected chi connectivity index (χ2v) is 16.8. The highest BCUT2D eigenvalue weighted by Gasteiger charge is 2.31. The number of anilines is 6. The van der Waals surface area contributed by atoms with Gasteiger partial charge in [0.1, 0.15) is 5.82 Å². The molecule has 1 aliphatic rings. The minimum absolute atomic E-state index is 0.876. The molecule has 9 aromatic carbocycles. The summed E-state index contributed by atoms with van der Waals surface area (Å²) in [7, 11) is 0. The molecule has 0 fully saturated rings. The molecular formula is C57H39N3S. The van der Waals surface area contributed by atoms with E-state index < -0.39 is 0 Å². The van der Waals surface area contributed by atoms with Crippen LogP contribution in [0.25, 0.3) is 59.0 Å². The molecule has 1 aliphatic heterocycles. The summed E-state index contributed by atoms with van der Waals surface area (Å²) in [6.45, 7) is 0. The van der Waals surface area contributed by atoms with Crippen LogP contribution in [-0.2, 0) is 6.42 Å². The minimum Gasteiger partial charge on any atom is -0.309 e. The zero-order valence-electron chi connectivity index (χ0n) is 33.3. The lowest BCUT2D eigenvalue weighted by atomic mass is 9.96. The highest BCUT2D eigenvalue weighted by atomic mass is 32.1. The first kappa shape index (κ1) is 35.3. The maximum atomic E-state index is 2.47. The molecule has 0 amide bonds. The Labute approximate surface area is 359 Å². The molecule has 0 bridgehead atoms. The van der Waals surface area contributed by atoms with Crippen LogP contribution in [0.5, 0.6) is 0 Å². The molecular weight excluding hydrogens is 759 g/mol. The Morgan fingerprint density at radius 1 is 0.410 bits per heavy atom. The molecule has 0 atom stereocenters. The van der Waals surface area contributed by atoms with E-state index in [4.69, 9.17) is 0 Å². The van der Waals surface area contributed by atoms with Gasteiger partial charge in [0.05, 0.1) is 21.6 Å². The van der Waals surface area contributed by atoms with Crippen LogP contribution < -0.4 is 9.80 Å². The quantitative estimate of drug-likeness (QED) is 0.159. The summed E-state index contributed by atoms with van der Waals surface area (Å²) in [4.78, 5) is 4.90. The molecule has 4 heteroatoms. The van der Waals surface area contributed by atoms with Crippen LogP contribution in [0.15, 0.2) is 224 Å². The number of nitrogens with zero attached hydrogens (tertiary/aromatic N) is 3. The van der Waals surface area contributed by atoms with E-state index in [1.165, 1.54) is 81.6 Å². The SMILES string of the molecule is c1ccc(-c2ccc(-c3ccc(N(c4ccc(N5c6ccccc6Cc6c5n(-c5ccccc5)c5ccccc65)cc4)c4cccc5c4sc4ccccc45)cc3)cc2)cc1. The van der Waals surface area contributed by atoms with Crippen LogP contribution in [0.3, 0.4) is 0 Å². The highest BCUT2D eigenvalue weighted by Crippen LogP contribution is 2.50. The van der Waals surface area contributed by atoms with E-state index in [-0.39, 0.29) is 0 Å². The van der Waals surface area contributed by atoms with Crippen molar-refractivity contribution in [3.05, 3.63) is 236 Å². The maximum absolute atomic E-state index is 2.47. The number of hydrogen-bond acceptors (Lipinski definition) is 3. The van der Waals surface area contributed by atoms with Gasteiger partial charge >= 0.3 is 0 Å². The van der Waals surface area contributed by atoms with Gasteiger partial charge in [0.25, 0.3) is 0 Å². The van der Waals surface area contributed by atoms with E-state index in [2.05, 4.69) is 239 Å². The summed E-state index contributed by atoms with van der Waals surface area (Å²) < 4.78 is 5.01. The van der Waals surface area contributed by atoms with Crippen LogP contribution in [-0.4, -0.2) is 4.57 Å². The standard InChI is InChI=1S/C57H39N3S/c1-3-14-39(15-4-1)40-26-28-41(29-27-40)42-30-32-45(33-31-42)58(54-24-13-21-50-49-20-9-12-25-55(49)61-56(50)54)46-34-36-47(37-35-46)59-52-22-10-7-16-43(52)38-51-48-19-8-11-23-53(48)60(57(51)59)44-17-5-2-6-18-44/h1-37H,38H2. The average molecular weight is 798 g/mol. The number of para-hydroxylation sites is 3. The van der Waals surface area contributed by atoms with Crippen molar-refractivity contribution in [3.63, 3.8) is 0 Å². The van der Waals surface area contributed by atoms with Crippen LogP contribution in [0, 0.1) is 0 Å². The van der Waals surface area contributed by atoms with Crippen LogP contribution in [0.2, 0.25) is 0 Å². The zero-order chi connectivity index (χ0) is 40.3. The van der Waals surface area contributed by atoms with Crippen molar-refractivity contribution in [2.24, 2.45) is 0 Å². The molecule has 0 saturated heterocycles. The van der Waals surface area contributed by atoms with Crippen LogP contribution in [0.1, 0.15) is 11.1 Å². The molecule has 61 heavy (non-hydrogen) atoms. The minimum atomic E-state index is 0.876. The van der Waals surface area contributed by atoms with Crippen molar-refractivity contribution < 1.29 is 0 Å². The Hall–Kier alpha value is -7.66. The van der Waals surface area contributed by atoms with Gasteiger partial charge in [-0.25, -0.2) is 0 Å². The summed E-state index contributed by atoms with van der Waals surface area (Å²) in [6.07, 6.45) is 0.876. The van der Waals surface area contributed by atoms with Crippen molar-refractivity contribution >= 4 is 76.7 Å². The normalized spacial score (nSPS) is 12.2. The molecule has 0 radical (unpaired) electrons. The molecule has 3 nitrogen and oxygen atoms in total. The van der Waals surface area contributed by atoms with Gasteiger partial charge in [-0.1, -0.05) is 152 Å². The topological polar surface area (TPSA) is 11.4 Å². The van der Waals surface area contributed by atoms with Gasteiger partial charge in [-0.15, -0.1) is 11.3 Å². The van der Waals surface area contributed by atoms with Gasteiger partial charge in [-0.3, -0.25) is 9.47 Å². The van der Waals surface area contributed by atoms with Gasteiger partial charge in [0.15, 0.2) is 0 Å². The van der Waals surface area contributed by atoms with Gasteiger partial charge in [0, 0.05) is 55.6 Å². The smallest absolute Gasteiger partial charge is 0.127 e. The lowest BCUT2D eigenvalue weighted by Crippen LogP contribution is -2.21. The summed E-state index contributed by atoms with van der Waals surface area (Å²) in [5.41, 5.74) is 15.6. The average Bonchev–Trinajstić information content (AvgIpc) is 3.88. The number of hydrogen-bond donors (Lipinski definition) is 0. The van der Waals surface area contributed by atoms with E-state index in [9.17, 15) is 0 Å². The zero-order valence-corrected chi connectivity index (χ0v) is 34.1. The molecule has 0 spiro atoms. The molecule has 288 valence electrons. The molecule has 0 saturated carbocycles. The predicted molar refractivity (Wildman–Crippen MR) is 259 cm³/mol. The predicted octanol–water partition coefficient (Wildman–Crippen LogP) is 16.2. The first-order valence-electron chi connectivity index (χ1n) is 20.9. The lowest BCUT2D eigenvalue weighted by molar-refractivity contribution is 1.01. The third-order valence-corrected chi connectivity index (χ3v) is 13.4. The van der Waals surface area contributed by atoms with E-state index in [0.29, 0.717) is 0 Å². The number of rotatable bonds is 7. The molecule has 0 unspecified atom stereocenters. The fraction of sp³-hybridized carbons (Fsp3) is 0.0175. The number of aromatic nitrogens is 1. The summed E-state index contributed by atoms with van der Waals surface area (Å²) in [5, 5.41) is 3.86. The maximum Gasteiger partial charge on any atom is 0.127 e. The Balaban J connectivity index is 0.993.